The Balaban J connectivity index is 1.69. The topological polar surface area (TPSA) is 101 Å². The summed E-state index contributed by atoms with van der Waals surface area (Å²) in [6, 6.07) is 16.1. The number of carbonyl (C=O) groups excluding carboxylic acids is 2. The number of phenolic OH excluding ortho intramolecular Hbond substituents is 1. The van der Waals surface area contributed by atoms with E-state index in [9.17, 15) is 23.1 Å². The largest absolute Gasteiger partial charge is 0.507 e. The molecule has 0 aromatic heterocycles. The van der Waals surface area contributed by atoms with Crippen LogP contribution in [0.15, 0.2) is 60.7 Å². The summed E-state index contributed by atoms with van der Waals surface area (Å²) >= 11 is 0. The highest BCUT2D eigenvalue weighted by molar-refractivity contribution is 7.92. The average Bonchev–Trinajstić information content (AvgIpc) is 2.70. The number of aromatic hydroxyl groups is 1. The number of fused-ring (bicyclic) bond motifs is 1. The average molecular weight is 413 g/mol. The van der Waals surface area contributed by atoms with Crippen LogP contribution in [0.2, 0.25) is 0 Å². The smallest absolute Gasteiger partial charge is 0.342 e. The summed E-state index contributed by atoms with van der Waals surface area (Å²) in [5.41, 5.74) is 0.648. The van der Waals surface area contributed by atoms with E-state index >= 15 is 0 Å². The number of carbonyl (C=O) groups is 2. The summed E-state index contributed by atoms with van der Waals surface area (Å²) in [7, 11) is -2.00. The fourth-order valence-corrected chi connectivity index (χ4v) is 3.24. The summed E-state index contributed by atoms with van der Waals surface area (Å²) in [5.74, 6) is -1.49. The SMILES string of the molecule is CN(c1ccc(C(=O)COC(=O)c2cc3ccccc3cc2O)cc1)S(C)(=O)=O. The molecule has 0 aliphatic rings. The molecule has 0 heterocycles. The van der Waals surface area contributed by atoms with E-state index in [1.807, 2.05) is 12.1 Å². The second kappa shape index (κ2) is 7.92. The van der Waals surface area contributed by atoms with Crippen LogP contribution in [0, 0.1) is 0 Å². The van der Waals surface area contributed by atoms with E-state index in [4.69, 9.17) is 4.74 Å². The molecular formula is C21H19NO6S. The van der Waals surface area contributed by atoms with Crippen LogP contribution in [0.1, 0.15) is 20.7 Å². The molecule has 1 N–H and O–H groups in total. The van der Waals surface area contributed by atoms with Gasteiger partial charge in [0, 0.05) is 12.6 Å². The highest BCUT2D eigenvalue weighted by Gasteiger charge is 2.17. The number of benzene rings is 3. The number of rotatable bonds is 6. The monoisotopic (exact) mass is 413 g/mol. The van der Waals surface area contributed by atoms with Gasteiger partial charge in [0.25, 0.3) is 0 Å². The van der Waals surface area contributed by atoms with Crippen molar-refractivity contribution in [2.45, 2.75) is 0 Å². The Morgan fingerprint density at radius 2 is 1.59 bits per heavy atom. The number of hydrogen-bond acceptors (Lipinski definition) is 6. The lowest BCUT2D eigenvalue weighted by Gasteiger charge is -2.16. The normalized spacial score (nSPS) is 11.2. The highest BCUT2D eigenvalue weighted by Crippen LogP contribution is 2.25. The minimum atomic E-state index is -3.41. The predicted octanol–water partition coefficient (Wildman–Crippen LogP) is 2.98. The number of nitrogens with zero attached hydrogens (tertiary/aromatic N) is 1. The molecule has 0 unspecified atom stereocenters. The van der Waals surface area contributed by atoms with Gasteiger partial charge in [0.1, 0.15) is 11.3 Å². The molecule has 0 bridgehead atoms. The van der Waals surface area contributed by atoms with Gasteiger partial charge in [-0.1, -0.05) is 24.3 Å². The summed E-state index contributed by atoms with van der Waals surface area (Å²) in [4.78, 5) is 24.6. The van der Waals surface area contributed by atoms with Crippen LogP contribution in [0.3, 0.4) is 0 Å². The van der Waals surface area contributed by atoms with Crippen molar-refractivity contribution in [1.82, 2.24) is 0 Å². The first-order valence-corrected chi connectivity index (χ1v) is 10.5. The minimum Gasteiger partial charge on any atom is -0.507 e. The first-order valence-electron chi connectivity index (χ1n) is 8.63. The number of sulfonamides is 1. The van der Waals surface area contributed by atoms with Crippen molar-refractivity contribution >= 4 is 38.2 Å². The van der Waals surface area contributed by atoms with Crippen LogP contribution in [0.5, 0.6) is 5.75 Å². The third kappa shape index (κ3) is 4.55. The van der Waals surface area contributed by atoms with E-state index in [-0.39, 0.29) is 16.9 Å². The first-order chi connectivity index (χ1) is 13.7. The number of anilines is 1. The molecule has 0 aliphatic heterocycles. The maximum atomic E-state index is 12.3. The van der Waals surface area contributed by atoms with E-state index < -0.39 is 28.4 Å². The number of ether oxygens (including phenoxy) is 1. The van der Waals surface area contributed by atoms with Crippen LogP contribution < -0.4 is 4.31 Å². The molecule has 0 radical (unpaired) electrons. The van der Waals surface area contributed by atoms with Gasteiger partial charge in [-0.3, -0.25) is 9.10 Å². The van der Waals surface area contributed by atoms with Crippen molar-refractivity contribution < 1.29 is 27.9 Å². The molecule has 150 valence electrons. The zero-order chi connectivity index (χ0) is 21.2. The van der Waals surface area contributed by atoms with Crippen molar-refractivity contribution in [1.29, 1.82) is 0 Å². The fourth-order valence-electron chi connectivity index (χ4n) is 2.73. The van der Waals surface area contributed by atoms with Crippen molar-refractivity contribution in [3.05, 3.63) is 71.8 Å². The maximum absolute atomic E-state index is 12.3. The van der Waals surface area contributed by atoms with Gasteiger partial charge >= 0.3 is 5.97 Å². The molecule has 3 aromatic carbocycles. The Labute approximate surface area is 168 Å². The van der Waals surface area contributed by atoms with Crippen LogP contribution in [0.4, 0.5) is 5.69 Å². The van der Waals surface area contributed by atoms with Gasteiger partial charge in [0.15, 0.2) is 12.4 Å². The molecule has 0 atom stereocenters. The van der Waals surface area contributed by atoms with Gasteiger partial charge in [0.2, 0.25) is 10.0 Å². The van der Waals surface area contributed by atoms with E-state index in [1.54, 1.807) is 12.1 Å². The third-order valence-electron chi connectivity index (χ3n) is 4.47. The van der Waals surface area contributed by atoms with Crippen molar-refractivity contribution in [2.75, 3.05) is 24.2 Å². The van der Waals surface area contributed by atoms with Gasteiger partial charge in [0.05, 0.1) is 11.9 Å². The molecule has 3 rings (SSSR count). The van der Waals surface area contributed by atoms with Gasteiger partial charge < -0.3 is 9.84 Å². The predicted molar refractivity (Wildman–Crippen MR) is 110 cm³/mol. The van der Waals surface area contributed by atoms with Gasteiger partial charge in [-0.25, -0.2) is 13.2 Å². The Morgan fingerprint density at radius 3 is 2.17 bits per heavy atom. The molecule has 0 saturated heterocycles. The first kappa shape index (κ1) is 20.3. The maximum Gasteiger partial charge on any atom is 0.342 e. The van der Waals surface area contributed by atoms with Gasteiger partial charge in [-0.2, -0.15) is 0 Å². The number of ketones is 1. The van der Waals surface area contributed by atoms with E-state index in [0.29, 0.717) is 5.69 Å². The van der Waals surface area contributed by atoms with Gasteiger partial charge in [-0.15, -0.1) is 0 Å². The molecule has 0 spiro atoms. The standard InChI is InChI=1S/C21H19NO6S/c1-22(29(2,26)27)17-9-7-14(8-10-17)20(24)13-28-21(25)18-11-15-5-3-4-6-16(15)12-19(18)23/h3-12,23H,13H2,1-2H3. The van der Waals surface area contributed by atoms with Crippen molar-refractivity contribution in [2.24, 2.45) is 0 Å². The lowest BCUT2D eigenvalue weighted by atomic mass is 10.1. The molecule has 8 heteroatoms. The fraction of sp³-hybridized carbons (Fsp3) is 0.143. The van der Waals surface area contributed by atoms with E-state index in [0.717, 1.165) is 21.3 Å². The van der Waals surface area contributed by atoms with Crippen molar-refractivity contribution in [3.8, 4) is 5.75 Å². The molecule has 3 aromatic rings. The number of Topliss-reactive ketones (excluding diaryl/α,β-unsaturated/α-hetero) is 1. The van der Waals surface area contributed by atoms with Gasteiger partial charge in [-0.05, 0) is 47.2 Å². The Morgan fingerprint density at radius 1 is 1.00 bits per heavy atom. The number of hydrogen-bond donors (Lipinski definition) is 1. The lowest BCUT2D eigenvalue weighted by Crippen LogP contribution is -2.24. The Kier molecular flexibility index (Phi) is 5.56. The summed E-state index contributed by atoms with van der Waals surface area (Å²) < 4.78 is 29.2. The molecule has 0 aliphatic carbocycles. The minimum absolute atomic E-state index is 0.0263. The Bertz CT molecular complexity index is 1190. The molecule has 0 saturated carbocycles. The summed E-state index contributed by atoms with van der Waals surface area (Å²) in [5, 5.41) is 11.6. The quantitative estimate of drug-likeness (QED) is 0.492. The lowest BCUT2D eigenvalue weighted by molar-refractivity contribution is 0.0472. The number of phenols is 1. The highest BCUT2D eigenvalue weighted by atomic mass is 32.2. The number of esters is 1. The second-order valence-electron chi connectivity index (χ2n) is 6.49. The van der Waals surface area contributed by atoms with Crippen LogP contribution in [-0.2, 0) is 14.8 Å². The molecule has 29 heavy (non-hydrogen) atoms. The Hall–Kier alpha value is -3.39. The second-order valence-corrected chi connectivity index (χ2v) is 8.51. The molecule has 0 fully saturated rings. The summed E-state index contributed by atoms with van der Waals surface area (Å²) in [6.07, 6.45) is 1.08. The third-order valence-corrected chi connectivity index (χ3v) is 5.67. The van der Waals surface area contributed by atoms with E-state index in [2.05, 4.69) is 0 Å². The van der Waals surface area contributed by atoms with Crippen LogP contribution in [-0.4, -0.2) is 45.2 Å². The summed E-state index contributed by atoms with van der Waals surface area (Å²) in [6.45, 7) is -0.508. The zero-order valence-corrected chi connectivity index (χ0v) is 16.6. The molecule has 7 nitrogen and oxygen atoms in total. The molecular weight excluding hydrogens is 394 g/mol. The molecule has 0 amide bonds. The van der Waals surface area contributed by atoms with E-state index in [1.165, 1.54) is 43.4 Å². The van der Waals surface area contributed by atoms with Crippen molar-refractivity contribution in [3.63, 3.8) is 0 Å². The van der Waals surface area contributed by atoms with Crippen LogP contribution in [0.25, 0.3) is 10.8 Å². The van der Waals surface area contributed by atoms with Crippen LogP contribution >= 0.6 is 0 Å². The zero-order valence-electron chi connectivity index (χ0n) is 15.8.